The van der Waals surface area contributed by atoms with Crippen LogP contribution in [0.3, 0.4) is 0 Å². The van der Waals surface area contributed by atoms with E-state index in [0.29, 0.717) is 0 Å². The fraction of sp³-hybridized carbons (Fsp3) is 0.231. The molecule has 0 aliphatic heterocycles. The average molecular weight is 279 g/mol. The lowest BCUT2D eigenvalue weighted by molar-refractivity contribution is 1.60. The van der Waals surface area contributed by atoms with Gasteiger partial charge < -0.3 is 0 Å². The van der Waals surface area contributed by atoms with Crippen LogP contribution >= 0.6 is 15.9 Å². The summed E-state index contributed by atoms with van der Waals surface area (Å²) in [7, 11) is -1.23. The highest BCUT2D eigenvalue weighted by atomic mass is 79.9. The SMILES string of the molecule is C[Si](C)(C)C#C/C=C/c1ccccc1Br. The smallest absolute Gasteiger partial charge is 0.127 e. The summed E-state index contributed by atoms with van der Waals surface area (Å²) < 4.78 is 1.11. The number of allylic oxidation sites excluding steroid dienone is 1. The highest BCUT2D eigenvalue weighted by Gasteiger charge is 2.06. The second-order valence-electron chi connectivity index (χ2n) is 4.37. The second-order valence-corrected chi connectivity index (χ2v) is 9.98. The van der Waals surface area contributed by atoms with Crippen LogP contribution in [0.5, 0.6) is 0 Å². The summed E-state index contributed by atoms with van der Waals surface area (Å²) in [5.74, 6) is 3.11. The first-order valence-electron chi connectivity index (χ1n) is 4.93. The number of hydrogen-bond acceptors (Lipinski definition) is 0. The van der Waals surface area contributed by atoms with Crippen molar-refractivity contribution in [3.8, 4) is 11.5 Å². The molecule has 0 bridgehead atoms. The fourth-order valence-corrected chi connectivity index (χ4v) is 1.93. The lowest BCUT2D eigenvalue weighted by Gasteiger charge is -2.02. The predicted octanol–water partition coefficient (Wildman–Crippen LogP) is 4.34. The van der Waals surface area contributed by atoms with Gasteiger partial charge in [-0.3, -0.25) is 0 Å². The van der Waals surface area contributed by atoms with Crippen molar-refractivity contribution >= 4 is 30.1 Å². The average Bonchev–Trinajstić information content (AvgIpc) is 2.13. The number of halogens is 1. The Balaban J connectivity index is 2.74. The van der Waals surface area contributed by atoms with Crippen LogP contribution in [0.15, 0.2) is 34.8 Å². The molecule has 0 aliphatic carbocycles. The van der Waals surface area contributed by atoms with Crippen molar-refractivity contribution in [3.63, 3.8) is 0 Å². The highest BCUT2D eigenvalue weighted by molar-refractivity contribution is 9.10. The van der Waals surface area contributed by atoms with Gasteiger partial charge in [-0.15, -0.1) is 5.54 Å². The molecule has 0 aromatic heterocycles. The number of benzene rings is 1. The number of hydrogen-bond donors (Lipinski definition) is 0. The van der Waals surface area contributed by atoms with Crippen LogP contribution in [0.4, 0.5) is 0 Å². The van der Waals surface area contributed by atoms with E-state index >= 15 is 0 Å². The Labute approximate surface area is 102 Å². The van der Waals surface area contributed by atoms with Gasteiger partial charge in [0.15, 0.2) is 0 Å². The molecule has 0 aliphatic rings. The van der Waals surface area contributed by atoms with Crippen LogP contribution in [0.25, 0.3) is 6.08 Å². The van der Waals surface area contributed by atoms with E-state index in [1.165, 1.54) is 5.56 Å². The first-order chi connectivity index (χ1) is 6.99. The molecule has 0 unspecified atom stereocenters. The van der Waals surface area contributed by atoms with Gasteiger partial charge in [0.2, 0.25) is 0 Å². The van der Waals surface area contributed by atoms with E-state index in [0.717, 1.165) is 4.47 Å². The molecule has 0 radical (unpaired) electrons. The minimum absolute atomic E-state index is 1.11. The molecule has 0 spiro atoms. The quantitative estimate of drug-likeness (QED) is 0.530. The molecule has 1 rings (SSSR count). The largest absolute Gasteiger partial charge is 0.129 e. The lowest BCUT2D eigenvalue weighted by atomic mass is 10.2. The molecular weight excluding hydrogens is 264 g/mol. The summed E-state index contributed by atoms with van der Waals surface area (Å²) in [4.78, 5) is 0. The van der Waals surface area contributed by atoms with E-state index in [1.54, 1.807) is 0 Å². The van der Waals surface area contributed by atoms with Gasteiger partial charge in [0, 0.05) is 4.47 Å². The molecule has 0 atom stereocenters. The summed E-state index contributed by atoms with van der Waals surface area (Å²) in [6.07, 6.45) is 3.97. The topological polar surface area (TPSA) is 0 Å². The third-order valence-electron chi connectivity index (χ3n) is 1.70. The molecule has 0 amide bonds. The Kier molecular flexibility index (Phi) is 4.38. The van der Waals surface area contributed by atoms with Gasteiger partial charge in [-0.25, -0.2) is 0 Å². The Hall–Kier alpha value is -0.783. The monoisotopic (exact) mass is 278 g/mol. The Bertz CT molecular complexity index is 416. The van der Waals surface area contributed by atoms with Crippen LogP contribution < -0.4 is 0 Å². The van der Waals surface area contributed by atoms with Crippen molar-refractivity contribution in [1.82, 2.24) is 0 Å². The van der Waals surface area contributed by atoms with E-state index in [4.69, 9.17) is 0 Å². The van der Waals surface area contributed by atoms with Gasteiger partial charge in [-0.05, 0) is 23.8 Å². The van der Waals surface area contributed by atoms with Gasteiger partial charge in [-0.2, -0.15) is 0 Å². The van der Waals surface area contributed by atoms with Gasteiger partial charge in [0.1, 0.15) is 8.07 Å². The fourth-order valence-electron chi connectivity index (χ4n) is 1.000. The van der Waals surface area contributed by atoms with E-state index in [9.17, 15) is 0 Å². The predicted molar refractivity (Wildman–Crippen MR) is 74.3 cm³/mol. The maximum atomic E-state index is 3.50. The Morgan fingerprint density at radius 1 is 1.20 bits per heavy atom. The first-order valence-corrected chi connectivity index (χ1v) is 9.22. The molecule has 0 saturated carbocycles. The van der Waals surface area contributed by atoms with Crippen molar-refractivity contribution in [2.45, 2.75) is 19.6 Å². The Morgan fingerprint density at radius 2 is 1.87 bits per heavy atom. The van der Waals surface area contributed by atoms with Crippen LogP contribution in [-0.2, 0) is 0 Å². The molecule has 15 heavy (non-hydrogen) atoms. The molecule has 0 N–H and O–H groups in total. The van der Waals surface area contributed by atoms with Crippen LogP contribution in [0, 0.1) is 11.5 Å². The summed E-state index contributed by atoms with van der Waals surface area (Å²) in [6, 6.07) is 8.13. The summed E-state index contributed by atoms with van der Waals surface area (Å²) in [5, 5.41) is 0. The molecule has 1 aromatic rings. The molecular formula is C13H15BrSi. The molecule has 0 nitrogen and oxygen atoms in total. The lowest BCUT2D eigenvalue weighted by Crippen LogP contribution is -2.16. The van der Waals surface area contributed by atoms with Crippen molar-refractivity contribution in [2.75, 3.05) is 0 Å². The van der Waals surface area contributed by atoms with Gasteiger partial charge in [0.25, 0.3) is 0 Å². The zero-order chi connectivity index (χ0) is 11.3. The Morgan fingerprint density at radius 3 is 2.47 bits per heavy atom. The van der Waals surface area contributed by atoms with Crippen molar-refractivity contribution < 1.29 is 0 Å². The normalized spacial score (nSPS) is 11.2. The van der Waals surface area contributed by atoms with E-state index in [2.05, 4.69) is 53.1 Å². The standard InChI is InChI=1S/C13H15BrSi/c1-15(2,3)11-7-6-9-12-8-4-5-10-13(12)14/h4-6,8-10H,1-3H3/b9-6+. The maximum Gasteiger partial charge on any atom is 0.129 e. The summed E-state index contributed by atoms with van der Waals surface area (Å²) in [6.45, 7) is 6.73. The number of rotatable bonds is 1. The van der Waals surface area contributed by atoms with E-state index in [-0.39, 0.29) is 0 Å². The molecule has 78 valence electrons. The minimum atomic E-state index is -1.23. The zero-order valence-electron chi connectivity index (χ0n) is 9.34. The van der Waals surface area contributed by atoms with Gasteiger partial charge >= 0.3 is 0 Å². The van der Waals surface area contributed by atoms with Crippen molar-refractivity contribution in [3.05, 3.63) is 40.4 Å². The molecule has 0 fully saturated rings. The summed E-state index contributed by atoms with van der Waals surface area (Å²) >= 11 is 3.50. The molecule has 0 saturated heterocycles. The van der Waals surface area contributed by atoms with Crippen molar-refractivity contribution in [1.29, 1.82) is 0 Å². The molecule has 2 heteroatoms. The van der Waals surface area contributed by atoms with Crippen LogP contribution in [-0.4, -0.2) is 8.07 Å². The second kappa shape index (κ2) is 5.34. The molecule has 1 aromatic carbocycles. The maximum absolute atomic E-state index is 3.50. The summed E-state index contributed by atoms with van der Waals surface area (Å²) in [5.41, 5.74) is 4.47. The highest BCUT2D eigenvalue weighted by Crippen LogP contribution is 2.16. The third kappa shape index (κ3) is 5.01. The minimum Gasteiger partial charge on any atom is -0.127 e. The van der Waals surface area contributed by atoms with E-state index in [1.807, 2.05) is 30.4 Å². The zero-order valence-corrected chi connectivity index (χ0v) is 11.9. The van der Waals surface area contributed by atoms with Crippen molar-refractivity contribution in [2.24, 2.45) is 0 Å². The molecule has 0 heterocycles. The third-order valence-corrected chi connectivity index (χ3v) is 3.32. The van der Waals surface area contributed by atoms with E-state index < -0.39 is 8.07 Å². The first kappa shape index (κ1) is 12.3. The van der Waals surface area contributed by atoms with Crippen LogP contribution in [0.1, 0.15) is 5.56 Å². The van der Waals surface area contributed by atoms with Gasteiger partial charge in [0.05, 0.1) is 0 Å². The van der Waals surface area contributed by atoms with Crippen LogP contribution in [0.2, 0.25) is 19.6 Å². The van der Waals surface area contributed by atoms with Gasteiger partial charge in [-0.1, -0.05) is 59.7 Å².